The number of hydrogen-bond acceptors (Lipinski definition) is 2. The lowest BCUT2D eigenvalue weighted by atomic mass is 10.2. The zero-order chi connectivity index (χ0) is 14.4. The van der Waals surface area contributed by atoms with Crippen molar-refractivity contribution >= 4 is 29.3 Å². The Labute approximate surface area is 128 Å². The van der Waals surface area contributed by atoms with Crippen LogP contribution in [-0.2, 0) is 6.54 Å². The molecule has 0 unspecified atom stereocenters. The first-order valence-corrected chi connectivity index (χ1v) is 7.81. The monoisotopic (exact) mass is 305 g/mol. The fourth-order valence-electron chi connectivity index (χ4n) is 1.79. The van der Waals surface area contributed by atoms with Gasteiger partial charge in [-0.2, -0.15) is 0 Å². The number of halogens is 1. The van der Waals surface area contributed by atoms with Gasteiger partial charge >= 0.3 is 0 Å². The van der Waals surface area contributed by atoms with Crippen molar-refractivity contribution in [1.29, 1.82) is 0 Å². The van der Waals surface area contributed by atoms with Crippen LogP contribution in [0.2, 0.25) is 5.02 Å². The van der Waals surface area contributed by atoms with Crippen molar-refractivity contribution in [2.45, 2.75) is 18.4 Å². The average Bonchev–Trinajstić information content (AvgIpc) is 2.48. The van der Waals surface area contributed by atoms with Gasteiger partial charge in [-0.25, -0.2) is 0 Å². The van der Waals surface area contributed by atoms with Gasteiger partial charge in [0.15, 0.2) is 0 Å². The normalized spacial score (nSPS) is 10.3. The molecule has 0 heterocycles. The van der Waals surface area contributed by atoms with E-state index in [0.29, 0.717) is 17.1 Å². The van der Waals surface area contributed by atoms with Crippen molar-refractivity contribution in [2.75, 3.05) is 5.75 Å². The number of carbonyl (C=O) groups is 1. The molecule has 1 N–H and O–H groups in total. The lowest BCUT2D eigenvalue weighted by molar-refractivity contribution is 0.0951. The summed E-state index contributed by atoms with van der Waals surface area (Å²) in [5.74, 6) is 0.850. The number of amides is 1. The summed E-state index contributed by atoms with van der Waals surface area (Å²) < 4.78 is 0. The molecule has 0 saturated heterocycles. The summed E-state index contributed by atoms with van der Waals surface area (Å²) in [6.45, 7) is 2.59. The summed E-state index contributed by atoms with van der Waals surface area (Å²) in [5.41, 5.74) is 1.66. The van der Waals surface area contributed by atoms with Gasteiger partial charge in [-0.3, -0.25) is 4.79 Å². The van der Waals surface area contributed by atoms with E-state index < -0.39 is 0 Å². The Morgan fingerprint density at radius 2 is 1.95 bits per heavy atom. The van der Waals surface area contributed by atoms with Crippen LogP contribution in [0.4, 0.5) is 0 Å². The lowest BCUT2D eigenvalue weighted by Gasteiger charge is -2.07. The van der Waals surface area contributed by atoms with E-state index in [1.54, 1.807) is 17.8 Å². The quantitative estimate of drug-likeness (QED) is 0.830. The minimum absolute atomic E-state index is 0.108. The molecule has 2 aromatic rings. The molecule has 0 aliphatic heterocycles. The first kappa shape index (κ1) is 14.9. The minimum Gasteiger partial charge on any atom is -0.348 e. The zero-order valence-electron chi connectivity index (χ0n) is 11.2. The maximum absolute atomic E-state index is 12.1. The maximum Gasteiger partial charge on any atom is 0.251 e. The summed E-state index contributed by atoms with van der Waals surface area (Å²) >= 11 is 7.84. The van der Waals surface area contributed by atoms with E-state index in [0.717, 1.165) is 16.2 Å². The third kappa shape index (κ3) is 4.02. The molecule has 2 aromatic carbocycles. The van der Waals surface area contributed by atoms with Crippen molar-refractivity contribution in [3.05, 3.63) is 64.7 Å². The zero-order valence-corrected chi connectivity index (χ0v) is 12.8. The van der Waals surface area contributed by atoms with Crippen LogP contribution in [0.5, 0.6) is 0 Å². The van der Waals surface area contributed by atoms with Crippen molar-refractivity contribution in [2.24, 2.45) is 0 Å². The SMILES string of the molecule is CCSc1ccc(C(=O)NCc2ccccc2)cc1Cl. The van der Waals surface area contributed by atoms with Crippen LogP contribution in [0.15, 0.2) is 53.4 Å². The Hall–Kier alpha value is -1.45. The third-order valence-electron chi connectivity index (χ3n) is 2.79. The molecule has 4 heteroatoms. The molecule has 0 aliphatic carbocycles. The van der Waals surface area contributed by atoms with Gasteiger partial charge in [0, 0.05) is 17.0 Å². The van der Waals surface area contributed by atoms with Gasteiger partial charge in [0.2, 0.25) is 0 Å². The molecule has 0 radical (unpaired) electrons. The Morgan fingerprint density at radius 1 is 1.20 bits per heavy atom. The highest BCUT2D eigenvalue weighted by atomic mass is 35.5. The first-order chi connectivity index (χ1) is 9.70. The molecule has 0 spiro atoms. The number of rotatable bonds is 5. The van der Waals surface area contributed by atoms with Gasteiger partial charge in [-0.05, 0) is 29.5 Å². The Morgan fingerprint density at radius 3 is 2.60 bits per heavy atom. The summed E-state index contributed by atoms with van der Waals surface area (Å²) in [6.07, 6.45) is 0. The van der Waals surface area contributed by atoms with Crippen LogP contribution in [0.1, 0.15) is 22.8 Å². The number of benzene rings is 2. The van der Waals surface area contributed by atoms with Crippen LogP contribution in [0.25, 0.3) is 0 Å². The van der Waals surface area contributed by atoms with Crippen LogP contribution in [0, 0.1) is 0 Å². The molecule has 0 aromatic heterocycles. The first-order valence-electron chi connectivity index (χ1n) is 6.45. The van der Waals surface area contributed by atoms with Crippen molar-refractivity contribution in [1.82, 2.24) is 5.32 Å². The van der Waals surface area contributed by atoms with Crippen molar-refractivity contribution < 1.29 is 4.79 Å². The topological polar surface area (TPSA) is 29.1 Å². The second-order valence-corrected chi connectivity index (χ2v) is 5.96. The highest BCUT2D eigenvalue weighted by Gasteiger charge is 2.08. The number of carbonyl (C=O) groups excluding carboxylic acids is 1. The maximum atomic E-state index is 12.1. The van der Waals surface area contributed by atoms with Crippen LogP contribution < -0.4 is 5.32 Å². The summed E-state index contributed by atoms with van der Waals surface area (Å²) in [7, 11) is 0. The fourth-order valence-corrected chi connectivity index (χ4v) is 2.81. The van der Waals surface area contributed by atoms with E-state index in [1.807, 2.05) is 42.5 Å². The molecule has 0 saturated carbocycles. The lowest BCUT2D eigenvalue weighted by Crippen LogP contribution is -2.22. The Balaban J connectivity index is 2.00. The smallest absolute Gasteiger partial charge is 0.251 e. The van der Waals surface area contributed by atoms with Gasteiger partial charge in [0.1, 0.15) is 0 Å². The van der Waals surface area contributed by atoms with E-state index in [1.165, 1.54) is 0 Å². The highest BCUT2D eigenvalue weighted by molar-refractivity contribution is 7.99. The predicted octanol–water partition coefficient (Wildman–Crippen LogP) is 4.38. The number of hydrogen-bond donors (Lipinski definition) is 1. The minimum atomic E-state index is -0.108. The highest BCUT2D eigenvalue weighted by Crippen LogP contribution is 2.27. The van der Waals surface area contributed by atoms with Gasteiger partial charge < -0.3 is 5.32 Å². The second kappa shape index (κ2) is 7.36. The van der Waals surface area contributed by atoms with Crippen molar-refractivity contribution in [3.8, 4) is 0 Å². The van der Waals surface area contributed by atoms with E-state index in [4.69, 9.17) is 11.6 Å². The van der Waals surface area contributed by atoms with Gasteiger partial charge in [0.05, 0.1) is 5.02 Å². The standard InChI is InChI=1S/C16H16ClNOS/c1-2-20-15-9-8-13(10-14(15)17)16(19)18-11-12-6-4-3-5-7-12/h3-10H,2,11H2,1H3,(H,18,19). The predicted molar refractivity (Wildman–Crippen MR) is 85.5 cm³/mol. The summed E-state index contributed by atoms with van der Waals surface area (Å²) in [5, 5.41) is 3.52. The van der Waals surface area contributed by atoms with E-state index >= 15 is 0 Å². The van der Waals surface area contributed by atoms with Gasteiger partial charge in [-0.1, -0.05) is 48.9 Å². The Kier molecular flexibility index (Phi) is 5.50. The van der Waals surface area contributed by atoms with Crippen LogP contribution in [0.3, 0.4) is 0 Å². The second-order valence-electron chi connectivity index (χ2n) is 4.25. The summed E-state index contributed by atoms with van der Waals surface area (Å²) in [6, 6.07) is 15.2. The molecule has 104 valence electrons. The third-order valence-corrected chi connectivity index (χ3v) is 4.17. The van der Waals surface area contributed by atoms with Crippen LogP contribution in [-0.4, -0.2) is 11.7 Å². The molecule has 20 heavy (non-hydrogen) atoms. The largest absolute Gasteiger partial charge is 0.348 e. The molecule has 0 aliphatic rings. The molecule has 2 nitrogen and oxygen atoms in total. The number of nitrogens with one attached hydrogen (secondary N) is 1. The van der Waals surface area contributed by atoms with Crippen LogP contribution >= 0.6 is 23.4 Å². The molecule has 0 fully saturated rings. The Bertz CT molecular complexity index is 586. The summed E-state index contributed by atoms with van der Waals surface area (Å²) in [4.78, 5) is 13.1. The van der Waals surface area contributed by atoms with Crippen molar-refractivity contribution in [3.63, 3.8) is 0 Å². The number of thioether (sulfide) groups is 1. The average molecular weight is 306 g/mol. The molecule has 1 amide bonds. The van der Waals surface area contributed by atoms with Gasteiger partial charge in [-0.15, -0.1) is 11.8 Å². The van der Waals surface area contributed by atoms with E-state index in [9.17, 15) is 4.79 Å². The fraction of sp³-hybridized carbons (Fsp3) is 0.188. The van der Waals surface area contributed by atoms with E-state index in [2.05, 4.69) is 12.2 Å². The molecular weight excluding hydrogens is 290 g/mol. The van der Waals surface area contributed by atoms with E-state index in [-0.39, 0.29) is 5.91 Å². The van der Waals surface area contributed by atoms with Gasteiger partial charge in [0.25, 0.3) is 5.91 Å². The molecule has 0 bridgehead atoms. The molecule has 2 rings (SSSR count). The molecular formula is C16H16ClNOS. The molecule has 0 atom stereocenters.